The Morgan fingerprint density at radius 3 is 2.47 bits per heavy atom. The molecule has 1 heterocycles. The highest BCUT2D eigenvalue weighted by atomic mass is 79.9. The molecule has 3 aromatic rings. The number of benzene rings is 3. The maximum absolute atomic E-state index is 13.0. The van der Waals surface area contributed by atoms with Crippen molar-refractivity contribution >= 4 is 68.1 Å². The molecule has 196 valence electrons. The molecule has 0 bridgehead atoms. The van der Waals surface area contributed by atoms with E-state index in [1.165, 1.54) is 14.2 Å². The van der Waals surface area contributed by atoms with E-state index in [0.717, 1.165) is 22.2 Å². The van der Waals surface area contributed by atoms with Gasteiger partial charge < -0.3 is 19.5 Å². The molecule has 8 nitrogen and oxygen atoms in total. The normalized spacial score (nSPS) is 14.1. The van der Waals surface area contributed by atoms with Gasteiger partial charge in [0.2, 0.25) is 5.91 Å². The van der Waals surface area contributed by atoms with Crippen molar-refractivity contribution in [2.75, 3.05) is 26.1 Å². The van der Waals surface area contributed by atoms with Crippen LogP contribution in [0.3, 0.4) is 0 Å². The van der Waals surface area contributed by atoms with Crippen LogP contribution in [0.2, 0.25) is 5.02 Å². The predicted octanol–water partition coefficient (Wildman–Crippen LogP) is 6.37. The van der Waals surface area contributed by atoms with Gasteiger partial charge in [-0.1, -0.05) is 35.9 Å². The number of rotatable bonds is 9. The molecule has 0 atom stereocenters. The van der Waals surface area contributed by atoms with Crippen molar-refractivity contribution in [1.82, 2.24) is 4.90 Å². The highest BCUT2D eigenvalue weighted by Gasteiger charge is 2.36. The molecule has 0 aromatic heterocycles. The third-order valence-corrected chi connectivity index (χ3v) is 7.15. The molecule has 1 saturated heterocycles. The molecule has 1 aliphatic heterocycles. The van der Waals surface area contributed by atoms with Gasteiger partial charge in [-0.15, -0.1) is 0 Å². The summed E-state index contributed by atoms with van der Waals surface area (Å²) in [5, 5.41) is 2.77. The van der Waals surface area contributed by atoms with Gasteiger partial charge >= 0.3 is 0 Å². The number of hydrogen-bond donors (Lipinski definition) is 1. The number of nitrogens with one attached hydrogen (secondary N) is 1. The summed E-state index contributed by atoms with van der Waals surface area (Å²) in [7, 11) is 2.99. The van der Waals surface area contributed by atoms with Gasteiger partial charge in [-0.25, -0.2) is 0 Å². The molecule has 1 N–H and O–H groups in total. The summed E-state index contributed by atoms with van der Waals surface area (Å²) >= 11 is 10.2. The molecule has 4 rings (SSSR count). The summed E-state index contributed by atoms with van der Waals surface area (Å²) in [5.74, 6) is 0.309. The number of nitrogens with zero attached hydrogens (tertiary/aromatic N) is 1. The standard InChI is InChI=1S/C27H22BrClN2O6S/c1-35-21-6-4-3-5-20(21)30-24(32)14-31-26(33)23(38-27(31)34)13-17-11-19(28)25(22(12-17)36-2)37-15-16-7-9-18(29)10-8-16/h3-13H,14-15H2,1-2H3,(H,30,32)/b23-13+. The van der Waals surface area contributed by atoms with Crippen LogP contribution < -0.4 is 19.5 Å². The summed E-state index contributed by atoms with van der Waals surface area (Å²) in [6.45, 7) is -0.133. The van der Waals surface area contributed by atoms with Crippen LogP contribution in [0.15, 0.2) is 70.0 Å². The molecule has 0 saturated carbocycles. The number of carbonyl (C=O) groups is 3. The number of para-hydroxylation sites is 2. The first kappa shape index (κ1) is 27.6. The lowest BCUT2D eigenvalue weighted by Crippen LogP contribution is -2.36. The van der Waals surface area contributed by atoms with Crippen LogP contribution in [-0.2, 0) is 16.2 Å². The van der Waals surface area contributed by atoms with Crippen LogP contribution in [0, 0.1) is 0 Å². The molecule has 3 aromatic carbocycles. The quantitative estimate of drug-likeness (QED) is 0.279. The Balaban J connectivity index is 1.47. The van der Waals surface area contributed by atoms with E-state index in [1.54, 1.807) is 54.6 Å². The number of thioether (sulfide) groups is 1. The second kappa shape index (κ2) is 12.4. The Bertz CT molecular complexity index is 1410. The molecule has 1 aliphatic rings. The van der Waals surface area contributed by atoms with Gasteiger partial charge in [0.05, 0.1) is 29.3 Å². The van der Waals surface area contributed by atoms with E-state index in [2.05, 4.69) is 21.2 Å². The van der Waals surface area contributed by atoms with Crippen LogP contribution in [0.5, 0.6) is 17.2 Å². The fourth-order valence-corrected chi connectivity index (χ4v) is 5.11. The Kier molecular flexibility index (Phi) is 8.98. The second-order valence-corrected chi connectivity index (χ2v) is 10.2. The van der Waals surface area contributed by atoms with Crippen molar-refractivity contribution in [2.45, 2.75) is 6.61 Å². The van der Waals surface area contributed by atoms with Crippen molar-refractivity contribution in [2.24, 2.45) is 0 Å². The van der Waals surface area contributed by atoms with E-state index in [4.69, 9.17) is 25.8 Å². The summed E-state index contributed by atoms with van der Waals surface area (Å²) in [6, 6.07) is 17.6. The summed E-state index contributed by atoms with van der Waals surface area (Å²) in [6.07, 6.45) is 1.57. The zero-order valence-electron chi connectivity index (χ0n) is 20.3. The Morgan fingerprint density at radius 2 is 1.76 bits per heavy atom. The van der Waals surface area contributed by atoms with Crippen LogP contribution in [0.1, 0.15) is 11.1 Å². The average Bonchev–Trinajstić information content (AvgIpc) is 3.16. The molecule has 0 spiro atoms. The first-order valence-electron chi connectivity index (χ1n) is 11.2. The fourth-order valence-electron chi connectivity index (χ4n) is 3.57. The van der Waals surface area contributed by atoms with Gasteiger partial charge in [0.1, 0.15) is 18.9 Å². The predicted molar refractivity (Wildman–Crippen MR) is 151 cm³/mol. The van der Waals surface area contributed by atoms with Crippen LogP contribution in [0.25, 0.3) is 6.08 Å². The van der Waals surface area contributed by atoms with E-state index in [0.29, 0.717) is 44.6 Å². The molecular weight excluding hydrogens is 596 g/mol. The van der Waals surface area contributed by atoms with Crippen LogP contribution in [-0.4, -0.2) is 42.7 Å². The smallest absolute Gasteiger partial charge is 0.294 e. The minimum Gasteiger partial charge on any atom is -0.495 e. The maximum atomic E-state index is 13.0. The first-order chi connectivity index (χ1) is 18.3. The number of imide groups is 1. The first-order valence-corrected chi connectivity index (χ1v) is 13.2. The number of anilines is 1. The summed E-state index contributed by atoms with van der Waals surface area (Å²) < 4.78 is 17.3. The van der Waals surface area contributed by atoms with Crippen molar-refractivity contribution in [3.05, 3.63) is 86.2 Å². The molecule has 1 fully saturated rings. The van der Waals surface area contributed by atoms with Gasteiger partial charge in [-0.3, -0.25) is 19.3 Å². The van der Waals surface area contributed by atoms with Crippen LogP contribution in [0.4, 0.5) is 10.5 Å². The number of carbonyl (C=O) groups excluding carboxylic acids is 3. The Labute approximate surface area is 237 Å². The zero-order valence-corrected chi connectivity index (χ0v) is 23.5. The molecule has 0 aliphatic carbocycles. The van der Waals surface area contributed by atoms with E-state index in [-0.39, 0.29) is 4.91 Å². The van der Waals surface area contributed by atoms with Crippen molar-refractivity contribution in [3.63, 3.8) is 0 Å². The molecule has 38 heavy (non-hydrogen) atoms. The van der Waals surface area contributed by atoms with Crippen molar-refractivity contribution in [3.8, 4) is 17.2 Å². The van der Waals surface area contributed by atoms with Crippen molar-refractivity contribution < 1.29 is 28.6 Å². The number of amides is 3. The summed E-state index contributed by atoms with van der Waals surface area (Å²) in [4.78, 5) is 39.1. The van der Waals surface area contributed by atoms with E-state index in [9.17, 15) is 14.4 Å². The molecule has 0 radical (unpaired) electrons. The maximum Gasteiger partial charge on any atom is 0.294 e. The molecular formula is C27H22BrClN2O6S. The largest absolute Gasteiger partial charge is 0.495 e. The molecule has 0 unspecified atom stereocenters. The molecule has 3 amide bonds. The monoisotopic (exact) mass is 616 g/mol. The number of hydrogen-bond acceptors (Lipinski definition) is 7. The second-order valence-electron chi connectivity index (χ2n) is 7.97. The zero-order chi connectivity index (χ0) is 27.2. The van der Waals surface area contributed by atoms with Gasteiger partial charge in [0.15, 0.2) is 11.5 Å². The fraction of sp³-hybridized carbons (Fsp3) is 0.148. The average molecular weight is 618 g/mol. The number of halogens is 2. The Hall–Kier alpha value is -3.47. The van der Waals surface area contributed by atoms with Gasteiger partial charge in [-0.05, 0) is 81.3 Å². The van der Waals surface area contributed by atoms with Gasteiger partial charge in [-0.2, -0.15) is 0 Å². The minimum atomic E-state index is -0.562. The van der Waals surface area contributed by atoms with Crippen LogP contribution >= 0.6 is 39.3 Å². The minimum absolute atomic E-state index is 0.184. The molecule has 11 heteroatoms. The van der Waals surface area contributed by atoms with E-state index in [1.807, 2.05) is 12.1 Å². The van der Waals surface area contributed by atoms with E-state index < -0.39 is 23.6 Å². The van der Waals surface area contributed by atoms with Crippen molar-refractivity contribution in [1.29, 1.82) is 0 Å². The third-order valence-electron chi connectivity index (χ3n) is 5.40. The summed E-state index contributed by atoms with van der Waals surface area (Å²) in [5.41, 5.74) is 1.98. The highest BCUT2D eigenvalue weighted by molar-refractivity contribution is 9.10. The lowest BCUT2D eigenvalue weighted by atomic mass is 10.1. The number of methoxy groups -OCH3 is 2. The van der Waals surface area contributed by atoms with E-state index >= 15 is 0 Å². The SMILES string of the molecule is COc1ccccc1NC(=O)CN1C(=O)S/C(=C/c2cc(Br)c(OCc3ccc(Cl)cc3)c(OC)c2)C1=O. The third kappa shape index (κ3) is 6.50. The highest BCUT2D eigenvalue weighted by Crippen LogP contribution is 2.39. The lowest BCUT2D eigenvalue weighted by molar-refractivity contribution is -0.127. The number of ether oxygens (including phenoxy) is 3. The topological polar surface area (TPSA) is 94.2 Å². The van der Waals surface area contributed by atoms with Gasteiger partial charge in [0.25, 0.3) is 11.1 Å². The van der Waals surface area contributed by atoms with Gasteiger partial charge in [0, 0.05) is 5.02 Å². The lowest BCUT2D eigenvalue weighted by Gasteiger charge is -2.14. The Morgan fingerprint density at radius 1 is 1.05 bits per heavy atom.